The van der Waals surface area contributed by atoms with Gasteiger partial charge in [-0.3, -0.25) is 9.59 Å². The van der Waals surface area contributed by atoms with Crippen molar-refractivity contribution in [2.45, 2.75) is 12.8 Å². The van der Waals surface area contributed by atoms with Gasteiger partial charge in [0.25, 0.3) is 5.56 Å². The zero-order chi connectivity index (χ0) is 21.0. The maximum atomic E-state index is 12.4. The molecule has 152 valence electrons. The van der Waals surface area contributed by atoms with Crippen molar-refractivity contribution in [3.05, 3.63) is 58.4 Å². The van der Waals surface area contributed by atoms with Crippen LogP contribution in [0.25, 0.3) is 10.9 Å². The first-order chi connectivity index (χ1) is 13.9. The lowest BCUT2D eigenvalue weighted by atomic mass is 10.1. The van der Waals surface area contributed by atoms with Crippen molar-refractivity contribution in [3.63, 3.8) is 0 Å². The number of amides is 1. The fourth-order valence-electron chi connectivity index (χ4n) is 3.08. The quantitative estimate of drug-likeness (QED) is 0.642. The molecule has 0 atom stereocenters. The van der Waals surface area contributed by atoms with E-state index in [1.807, 2.05) is 43.3 Å². The van der Waals surface area contributed by atoms with Gasteiger partial charge < -0.3 is 24.7 Å². The number of hydrogen-bond donors (Lipinski definition) is 2. The van der Waals surface area contributed by atoms with Gasteiger partial charge >= 0.3 is 0 Å². The minimum absolute atomic E-state index is 0.144. The summed E-state index contributed by atoms with van der Waals surface area (Å²) in [6.07, 6.45) is 0.540. The molecule has 0 bridgehead atoms. The molecule has 0 aliphatic rings. The molecule has 0 radical (unpaired) electrons. The van der Waals surface area contributed by atoms with E-state index in [-0.39, 0.29) is 17.9 Å². The SMILES string of the molecule is COc1cc2cc(CCC(=O)Nc3ccc(N(C)C)cc3)c(=O)[nH]c2cc1OC. The Bertz CT molecular complexity index is 1070. The molecular formula is C22H25N3O4. The van der Waals surface area contributed by atoms with E-state index in [1.54, 1.807) is 32.4 Å². The largest absolute Gasteiger partial charge is 0.493 e. The molecule has 0 unspecified atom stereocenters. The minimum Gasteiger partial charge on any atom is -0.493 e. The van der Waals surface area contributed by atoms with Gasteiger partial charge in [0, 0.05) is 48.9 Å². The number of ether oxygens (including phenoxy) is 2. The zero-order valence-electron chi connectivity index (χ0n) is 17.0. The summed E-state index contributed by atoms with van der Waals surface area (Å²) >= 11 is 0. The molecule has 7 nitrogen and oxygen atoms in total. The van der Waals surface area contributed by atoms with Gasteiger partial charge in [-0.1, -0.05) is 0 Å². The summed E-state index contributed by atoms with van der Waals surface area (Å²) in [6, 6.07) is 12.9. The van der Waals surface area contributed by atoms with E-state index < -0.39 is 0 Å². The summed E-state index contributed by atoms with van der Waals surface area (Å²) in [7, 11) is 7.02. The normalized spacial score (nSPS) is 10.6. The maximum Gasteiger partial charge on any atom is 0.251 e. The number of nitrogens with one attached hydrogen (secondary N) is 2. The number of H-pyrrole nitrogens is 1. The summed E-state index contributed by atoms with van der Waals surface area (Å²) in [6.45, 7) is 0. The molecule has 0 aliphatic heterocycles. The van der Waals surface area contributed by atoms with Crippen LogP contribution in [0.4, 0.5) is 11.4 Å². The van der Waals surface area contributed by atoms with Crippen LogP contribution in [0.5, 0.6) is 11.5 Å². The van der Waals surface area contributed by atoms with Crippen LogP contribution in [0.15, 0.2) is 47.3 Å². The van der Waals surface area contributed by atoms with E-state index in [0.29, 0.717) is 29.0 Å². The third-order valence-electron chi connectivity index (χ3n) is 4.71. The molecular weight excluding hydrogens is 370 g/mol. The second kappa shape index (κ2) is 8.68. The number of rotatable bonds is 7. The summed E-state index contributed by atoms with van der Waals surface area (Å²) in [4.78, 5) is 29.5. The highest BCUT2D eigenvalue weighted by molar-refractivity contribution is 5.91. The molecule has 2 N–H and O–H groups in total. The Morgan fingerprint density at radius 2 is 1.69 bits per heavy atom. The van der Waals surface area contributed by atoms with Crippen molar-refractivity contribution in [2.24, 2.45) is 0 Å². The first-order valence-corrected chi connectivity index (χ1v) is 9.26. The van der Waals surface area contributed by atoms with Gasteiger partial charge in [0.1, 0.15) is 0 Å². The van der Waals surface area contributed by atoms with Crippen LogP contribution < -0.4 is 25.2 Å². The number of aryl methyl sites for hydroxylation is 1. The van der Waals surface area contributed by atoms with Crippen LogP contribution in [0, 0.1) is 0 Å². The fraction of sp³-hybridized carbons (Fsp3) is 0.273. The number of methoxy groups -OCH3 is 2. The average molecular weight is 395 g/mol. The number of carbonyl (C=O) groups is 1. The second-order valence-electron chi connectivity index (χ2n) is 6.91. The fourth-order valence-corrected chi connectivity index (χ4v) is 3.08. The molecule has 7 heteroatoms. The molecule has 2 aromatic carbocycles. The Morgan fingerprint density at radius 3 is 2.31 bits per heavy atom. The lowest BCUT2D eigenvalue weighted by Gasteiger charge is -2.13. The Morgan fingerprint density at radius 1 is 1.03 bits per heavy atom. The molecule has 3 rings (SSSR count). The van der Waals surface area contributed by atoms with Crippen LogP contribution in [0.2, 0.25) is 0 Å². The van der Waals surface area contributed by atoms with E-state index in [4.69, 9.17) is 9.47 Å². The van der Waals surface area contributed by atoms with Crippen LogP contribution in [0.1, 0.15) is 12.0 Å². The summed E-state index contributed by atoms with van der Waals surface area (Å²) in [5.74, 6) is 0.981. The van der Waals surface area contributed by atoms with E-state index >= 15 is 0 Å². The topological polar surface area (TPSA) is 83.7 Å². The number of pyridine rings is 1. The highest BCUT2D eigenvalue weighted by Crippen LogP contribution is 2.31. The van der Waals surface area contributed by atoms with E-state index in [9.17, 15) is 9.59 Å². The van der Waals surface area contributed by atoms with Crippen molar-refractivity contribution in [1.82, 2.24) is 4.98 Å². The monoisotopic (exact) mass is 395 g/mol. The molecule has 3 aromatic rings. The number of fused-ring (bicyclic) bond motifs is 1. The summed E-state index contributed by atoms with van der Waals surface area (Å²) in [5, 5.41) is 3.68. The van der Waals surface area contributed by atoms with Gasteiger partial charge in [-0.15, -0.1) is 0 Å². The lowest BCUT2D eigenvalue weighted by Crippen LogP contribution is -2.17. The van der Waals surface area contributed by atoms with Crippen molar-refractivity contribution >= 4 is 28.2 Å². The molecule has 0 saturated heterocycles. The smallest absolute Gasteiger partial charge is 0.251 e. The first kappa shape index (κ1) is 20.3. The van der Waals surface area contributed by atoms with Crippen molar-refractivity contribution < 1.29 is 14.3 Å². The highest BCUT2D eigenvalue weighted by atomic mass is 16.5. The third kappa shape index (κ3) is 4.68. The Balaban J connectivity index is 1.71. The van der Waals surface area contributed by atoms with E-state index in [2.05, 4.69) is 10.3 Å². The van der Waals surface area contributed by atoms with Gasteiger partial charge in [-0.2, -0.15) is 0 Å². The highest BCUT2D eigenvalue weighted by Gasteiger charge is 2.11. The first-order valence-electron chi connectivity index (χ1n) is 9.26. The molecule has 1 amide bonds. The van der Waals surface area contributed by atoms with Gasteiger partial charge in [0.2, 0.25) is 5.91 Å². The Labute approximate surface area is 169 Å². The third-order valence-corrected chi connectivity index (χ3v) is 4.71. The Hall–Kier alpha value is -3.48. The van der Waals surface area contributed by atoms with Crippen LogP contribution in [-0.4, -0.2) is 39.2 Å². The predicted octanol–water partition coefficient (Wildman–Crippen LogP) is 3.18. The number of hydrogen-bond acceptors (Lipinski definition) is 5. The minimum atomic E-state index is -0.215. The number of benzene rings is 2. The van der Waals surface area contributed by atoms with Crippen molar-refractivity contribution in [1.29, 1.82) is 0 Å². The van der Waals surface area contributed by atoms with E-state index in [0.717, 1.165) is 16.8 Å². The molecule has 0 saturated carbocycles. The standard InChI is InChI=1S/C22H25N3O4/c1-25(2)17-8-6-16(7-9-17)23-21(26)10-5-14-11-15-12-19(28-3)20(29-4)13-18(15)24-22(14)27/h6-9,11-13H,5,10H2,1-4H3,(H,23,26)(H,24,27). The van der Waals surface area contributed by atoms with Gasteiger partial charge in [0.15, 0.2) is 11.5 Å². The molecule has 1 heterocycles. The summed E-state index contributed by atoms with van der Waals surface area (Å²) < 4.78 is 10.6. The number of carbonyl (C=O) groups excluding carboxylic acids is 1. The van der Waals surface area contributed by atoms with Gasteiger partial charge in [-0.25, -0.2) is 0 Å². The number of aromatic nitrogens is 1. The van der Waals surface area contributed by atoms with Crippen molar-refractivity contribution in [3.8, 4) is 11.5 Å². The van der Waals surface area contributed by atoms with Crippen LogP contribution in [-0.2, 0) is 11.2 Å². The molecule has 1 aromatic heterocycles. The molecule has 0 spiro atoms. The number of aromatic amines is 1. The van der Waals surface area contributed by atoms with Crippen LogP contribution >= 0.6 is 0 Å². The average Bonchev–Trinajstić information content (AvgIpc) is 2.71. The number of anilines is 2. The predicted molar refractivity (Wildman–Crippen MR) is 115 cm³/mol. The maximum absolute atomic E-state index is 12.4. The van der Waals surface area contributed by atoms with Crippen molar-refractivity contribution in [2.75, 3.05) is 38.5 Å². The summed E-state index contributed by atoms with van der Waals surface area (Å²) in [5.41, 5.74) is 2.76. The van der Waals surface area contributed by atoms with Gasteiger partial charge in [0.05, 0.1) is 19.7 Å². The number of nitrogens with zero attached hydrogens (tertiary/aromatic N) is 1. The van der Waals surface area contributed by atoms with Gasteiger partial charge in [-0.05, 0) is 42.8 Å². The van der Waals surface area contributed by atoms with Crippen LogP contribution in [0.3, 0.4) is 0 Å². The zero-order valence-corrected chi connectivity index (χ0v) is 17.0. The molecule has 29 heavy (non-hydrogen) atoms. The molecule has 0 aliphatic carbocycles. The Kier molecular flexibility index (Phi) is 6.07. The second-order valence-corrected chi connectivity index (χ2v) is 6.91. The molecule has 0 fully saturated rings. The van der Waals surface area contributed by atoms with E-state index in [1.165, 1.54) is 0 Å². The lowest BCUT2D eigenvalue weighted by molar-refractivity contribution is -0.116.